The van der Waals surface area contributed by atoms with Gasteiger partial charge in [0.1, 0.15) is 18.4 Å². The van der Waals surface area contributed by atoms with Crippen molar-refractivity contribution in [2.45, 2.75) is 63.8 Å². The van der Waals surface area contributed by atoms with Crippen LogP contribution in [-0.4, -0.2) is 60.1 Å². The van der Waals surface area contributed by atoms with Crippen LogP contribution < -0.4 is 15.8 Å². The topological polar surface area (TPSA) is 122 Å². The van der Waals surface area contributed by atoms with Crippen molar-refractivity contribution in [1.82, 2.24) is 10.2 Å². The highest BCUT2D eigenvalue weighted by Gasteiger charge is 2.41. The summed E-state index contributed by atoms with van der Waals surface area (Å²) in [4.78, 5) is 38.3. The van der Waals surface area contributed by atoms with Crippen LogP contribution in [0.25, 0.3) is 0 Å². The summed E-state index contributed by atoms with van der Waals surface area (Å²) >= 11 is 0. The van der Waals surface area contributed by atoms with Crippen molar-refractivity contribution in [3.63, 3.8) is 0 Å². The molecule has 1 fully saturated rings. The summed E-state index contributed by atoms with van der Waals surface area (Å²) in [5, 5.41) is 12.0. The number of carbonyl (C=O) groups excluding carboxylic acids is 2. The maximum atomic E-state index is 13.2. The fourth-order valence-electron chi connectivity index (χ4n) is 4.66. The summed E-state index contributed by atoms with van der Waals surface area (Å²) in [6.07, 6.45) is 6.32. The number of rotatable bonds is 4. The molecule has 0 aromatic heterocycles. The van der Waals surface area contributed by atoms with E-state index in [-0.39, 0.29) is 24.7 Å². The van der Waals surface area contributed by atoms with Gasteiger partial charge in [0.05, 0.1) is 12.0 Å². The largest absolute Gasteiger partial charge is 0.491 e. The number of ether oxygens (including phenoxy) is 1. The molecule has 1 aromatic carbocycles. The molecule has 0 aliphatic carbocycles. The molecule has 1 spiro atoms. The molecule has 1 aromatic rings. The number of hydrogen-bond donors (Lipinski definition) is 3. The lowest BCUT2D eigenvalue weighted by Crippen LogP contribution is -2.51. The van der Waals surface area contributed by atoms with Crippen LogP contribution in [-0.2, 0) is 20.8 Å². The molecule has 8 nitrogen and oxygen atoms in total. The van der Waals surface area contributed by atoms with Crippen molar-refractivity contribution in [1.29, 1.82) is 0 Å². The third-order valence-corrected chi connectivity index (χ3v) is 6.76. The SMILES string of the molecule is N[C@@H](CCC(=O)N1CCC2(CCCCCc3ccccc3OCCNC2=O)CC1)C(=O)O. The number of fused-ring (bicyclic) bond motifs is 1. The van der Waals surface area contributed by atoms with Gasteiger partial charge >= 0.3 is 5.97 Å². The minimum Gasteiger partial charge on any atom is -0.491 e. The number of piperidine rings is 1. The number of amides is 2. The fourth-order valence-corrected chi connectivity index (χ4v) is 4.66. The van der Waals surface area contributed by atoms with Gasteiger partial charge in [-0.2, -0.15) is 0 Å². The zero-order valence-corrected chi connectivity index (χ0v) is 18.7. The van der Waals surface area contributed by atoms with Crippen LogP contribution in [0.3, 0.4) is 0 Å². The number of aryl methyl sites for hydroxylation is 1. The van der Waals surface area contributed by atoms with Gasteiger partial charge in [0, 0.05) is 19.5 Å². The number of para-hydroxylation sites is 1. The van der Waals surface area contributed by atoms with Crippen LogP contribution in [0, 0.1) is 5.41 Å². The Morgan fingerprint density at radius 1 is 1.16 bits per heavy atom. The zero-order valence-electron chi connectivity index (χ0n) is 18.7. The van der Waals surface area contributed by atoms with Crippen LogP contribution in [0.4, 0.5) is 0 Å². The first kappa shape index (κ1) is 24.0. The predicted octanol–water partition coefficient (Wildman–Crippen LogP) is 2.10. The average molecular weight is 446 g/mol. The lowest BCUT2D eigenvalue weighted by molar-refractivity contribution is -0.142. The van der Waals surface area contributed by atoms with Crippen LogP contribution >= 0.6 is 0 Å². The number of aliphatic carboxylic acids is 1. The van der Waals surface area contributed by atoms with Crippen LogP contribution in [0.15, 0.2) is 24.3 Å². The van der Waals surface area contributed by atoms with Crippen molar-refractivity contribution in [2.24, 2.45) is 11.1 Å². The van der Waals surface area contributed by atoms with Crippen LogP contribution in [0.2, 0.25) is 0 Å². The number of benzene rings is 1. The second-order valence-electron chi connectivity index (χ2n) is 8.92. The van der Waals surface area contributed by atoms with Crippen molar-refractivity contribution in [3.8, 4) is 5.75 Å². The molecule has 0 unspecified atom stereocenters. The molecule has 0 saturated carbocycles. The molecular weight excluding hydrogens is 410 g/mol. The lowest BCUT2D eigenvalue weighted by atomic mass is 9.73. The van der Waals surface area contributed by atoms with E-state index in [1.807, 2.05) is 18.2 Å². The summed E-state index contributed by atoms with van der Waals surface area (Å²) in [7, 11) is 0. The van der Waals surface area contributed by atoms with Gasteiger partial charge in [0.15, 0.2) is 0 Å². The van der Waals surface area contributed by atoms with E-state index in [0.717, 1.165) is 37.9 Å². The van der Waals surface area contributed by atoms with E-state index in [2.05, 4.69) is 11.4 Å². The number of nitrogens with zero attached hydrogens (tertiary/aromatic N) is 1. The standard InChI is InChI=1S/C24H35N3O5/c25-19(22(29)30)9-10-21(28)27-15-12-24(13-16-27)11-5-1-2-6-18-7-3-4-8-20(18)32-17-14-26-23(24)31/h3-4,7-8,19H,1-2,5-6,9-17,25H2,(H,26,31)(H,29,30)/t19-/m0/s1. The number of carboxylic acids is 1. The Labute approximate surface area is 189 Å². The van der Waals surface area contributed by atoms with Gasteiger partial charge in [-0.3, -0.25) is 14.4 Å². The first-order valence-corrected chi connectivity index (χ1v) is 11.7. The number of likely N-dealkylation sites (tertiary alicyclic amines) is 1. The maximum Gasteiger partial charge on any atom is 0.320 e. The predicted molar refractivity (Wildman–Crippen MR) is 120 cm³/mol. The summed E-state index contributed by atoms with van der Waals surface area (Å²) in [6, 6.07) is 7.06. The summed E-state index contributed by atoms with van der Waals surface area (Å²) in [6.45, 7) is 1.89. The number of hydrogen-bond acceptors (Lipinski definition) is 5. The molecule has 2 aliphatic rings. The second kappa shape index (κ2) is 11.3. The number of carboxylic acid groups (broad SMARTS) is 1. The summed E-state index contributed by atoms with van der Waals surface area (Å²) in [5.74, 6) is -0.241. The molecule has 1 atom stereocenters. The van der Waals surface area contributed by atoms with E-state index >= 15 is 0 Å². The second-order valence-corrected chi connectivity index (χ2v) is 8.92. The number of nitrogens with two attached hydrogens (primary N) is 1. The van der Waals surface area contributed by atoms with Gasteiger partial charge in [-0.25, -0.2) is 0 Å². The third-order valence-electron chi connectivity index (χ3n) is 6.76. The molecule has 2 heterocycles. The summed E-state index contributed by atoms with van der Waals surface area (Å²) in [5.41, 5.74) is 6.26. The number of nitrogens with one attached hydrogen (secondary N) is 1. The molecule has 176 valence electrons. The van der Waals surface area contributed by atoms with E-state index in [4.69, 9.17) is 15.6 Å². The van der Waals surface area contributed by atoms with Gasteiger partial charge in [-0.05, 0) is 50.2 Å². The third kappa shape index (κ3) is 6.22. The smallest absolute Gasteiger partial charge is 0.320 e. The van der Waals surface area contributed by atoms with E-state index in [1.54, 1.807) is 4.90 Å². The Morgan fingerprint density at radius 3 is 2.66 bits per heavy atom. The Balaban J connectivity index is 1.57. The van der Waals surface area contributed by atoms with Crippen LogP contribution in [0.5, 0.6) is 5.75 Å². The first-order chi connectivity index (χ1) is 15.4. The maximum absolute atomic E-state index is 13.2. The lowest BCUT2D eigenvalue weighted by Gasteiger charge is -2.41. The van der Waals surface area contributed by atoms with Crippen LogP contribution in [0.1, 0.15) is 56.9 Å². The highest BCUT2D eigenvalue weighted by molar-refractivity contribution is 5.83. The molecule has 8 heteroatoms. The number of carbonyl (C=O) groups is 3. The van der Waals surface area contributed by atoms with Crippen molar-refractivity contribution in [3.05, 3.63) is 29.8 Å². The Bertz CT molecular complexity index is 805. The minimum absolute atomic E-state index is 0.0497. The molecule has 2 aliphatic heterocycles. The van der Waals surface area contributed by atoms with E-state index in [9.17, 15) is 14.4 Å². The highest BCUT2D eigenvalue weighted by atomic mass is 16.5. The first-order valence-electron chi connectivity index (χ1n) is 11.7. The molecule has 0 bridgehead atoms. The highest BCUT2D eigenvalue weighted by Crippen LogP contribution is 2.37. The monoisotopic (exact) mass is 445 g/mol. The zero-order chi connectivity index (χ0) is 23.0. The minimum atomic E-state index is -1.09. The van der Waals surface area contributed by atoms with Gasteiger partial charge in [0.2, 0.25) is 11.8 Å². The van der Waals surface area contributed by atoms with E-state index < -0.39 is 17.4 Å². The normalized spacial score (nSPS) is 20.5. The molecular formula is C24H35N3O5. The van der Waals surface area contributed by atoms with Gasteiger partial charge in [0.25, 0.3) is 0 Å². The summed E-state index contributed by atoms with van der Waals surface area (Å²) < 4.78 is 5.92. The average Bonchev–Trinajstić information content (AvgIpc) is 2.81. The Hall–Kier alpha value is -2.61. The molecule has 32 heavy (non-hydrogen) atoms. The van der Waals surface area contributed by atoms with Gasteiger partial charge in [-0.15, -0.1) is 0 Å². The molecule has 0 radical (unpaired) electrons. The quantitative estimate of drug-likeness (QED) is 0.652. The van der Waals surface area contributed by atoms with Crippen molar-refractivity contribution >= 4 is 17.8 Å². The molecule has 1 saturated heterocycles. The van der Waals surface area contributed by atoms with E-state index in [1.165, 1.54) is 5.56 Å². The van der Waals surface area contributed by atoms with E-state index in [0.29, 0.717) is 39.1 Å². The fraction of sp³-hybridized carbons (Fsp3) is 0.625. The molecule has 3 rings (SSSR count). The molecule has 2 amide bonds. The van der Waals surface area contributed by atoms with Crippen molar-refractivity contribution in [2.75, 3.05) is 26.2 Å². The Kier molecular flexibility index (Phi) is 8.50. The molecule has 4 N–H and O–H groups in total. The van der Waals surface area contributed by atoms with Gasteiger partial charge in [-0.1, -0.05) is 31.0 Å². The van der Waals surface area contributed by atoms with Crippen molar-refractivity contribution < 1.29 is 24.2 Å². The van der Waals surface area contributed by atoms with Gasteiger partial charge < -0.3 is 25.8 Å². The Morgan fingerprint density at radius 2 is 1.91 bits per heavy atom.